The van der Waals surface area contributed by atoms with Crippen LogP contribution in [0.25, 0.3) is 0 Å². The Bertz CT molecular complexity index is 1120. The molecule has 2 N–H and O–H groups in total. The van der Waals surface area contributed by atoms with Gasteiger partial charge in [0.25, 0.3) is 0 Å². The second-order valence-electron chi connectivity index (χ2n) is 12.3. The van der Waals surface area contributed by atoms with E-state index >= 15 is 0 Å². The maximum atomic E-state index is 13.9. The van der Waals surface area contributed by atoms with E-state index in [1.807, 2.05) is 13.0 Å². The molecule has 0 aromatic heterocycles. The van der Waals surface area contributed by atoms with Crippen LogP contribution in [-0.4, -0.2) is 40.1 Å². The van der Waals surface area contributed by atoms with E-state index in [0.29, 0.717) is 47.8 Å². The van der Waals surface area contributed by atoms with Crippen LogP contribution in [0.1, 0.15) is 65.4 Å². The van der Waals surface area contributed by atoms with Crippen LogP contribution in [-0.2, 0) is 10.3 Å². The van der Waals surface area contributed by atoms with Crippen molar-refractivity contribution in [1.82, 2.24) is 10.2 Å². The van der Waals surface area contributed by atoms with Gasteiger partial charge in [-0.3, -0.25) is 9.69 Å². The quantitative estimate of drug-likeness (QED) is 0.498. The molecule has 0 saturated heterocycles. The van der Waals surface area contributed by atoms with Crippen LogP contribution in [0.15, 0.2) is 30.0 Å². The van der Waals surface area contributed by atoms with Gasteiger partial charge >= 0.3 is 12.0 Å². The molecule has 1 atom stereocenters. The number of carbonyl (C=O) groups is 2. The first-order valence-electron chi connectivity index (χ1n) is 12.0. The number of carbonyl (C=O) groups excluding carboxylic acids is 1. The molecule has 2 bridgehead atoms. The van der Waals surface area contributed by atoms with E-state index in [-0.39, 0.29) is 24.3 Å². The molecule has 0 unspecified atom stereocenters. The van der Waals surface area contributed by atoms with E-state index in [9.17, 15) is 23.5 Å². The van der Waals surface area contributed by atoms with Gasteiger partial charge in [-0.15, -0.1) is 0 Å². The third-order valence-corrected chi connectivity index (χ3v) is 8.38. The monoisotopic (exact) mass is 508 g/mol. The van der Waals surface area contributed by atoms with Crippen molar-refractivity contribution < 1.29 is 28.2 Å². The summed E-state index contributed by atoms with van der Waals surface area (Å²) in [6, 6.07) is 4.92. The van der Waals surface area contributed by atoms with E-state index in [1.165, 1.54) is 0 Å². The van der Waals surface area contributed by atoms with Crippen LogP contribution >= 0.6 is 11.6 Å². The van der Waals surface area contributed by atoms with Crippen LogP contribution in [0.5, 0.6) is 5.75 Å². The molecule has 9 heteroatoms. The van der Waals surface area contributed by atoms with Gasteiger partial charge in [0.1, 0.15) is 5.75 Å². The van der Waals surface area contributed by atoms with Crippen molar-refractivity contribution >= 4 is 23.6 Å². The number of hydrogen-bond acceptors (Lipinski definition) is 3. The summed E-state index contributed by atoms with van der Waals surface area (Å²) in [4.78, 5) is 26.4. The minimum atomic E-state index is -2.73. The second kappa shape index (κ2) is 7.34. The number of hydrogen-bond donors (Lipinski definition) is 2. The molecular formula is C26H31ClF2N2O4. The lowest BCUT2D eigenvalue weighted by Gasteiger charge is -2.71. The molecule has 35 heavy (non-hydrogen) atoms. The van der Waals surface area contributed by atoms with E-state index in [4.69, 9.17) is 16.3 Å². The molecule has 190 valence electrons. The molecule has 4 aliphatic carbocycles. The van der Waals surface area contributed by atoms with Gasteiger partial charge in [0, 0.05) is 19.0 Å². The molecule has 1 aromatic carbocycles. The average molecular weight is 509 g/mol. The molecule has 1 aromatic rings. The van der Waals surface area contributed by atoms with Crippen molar-refractivity contribution in [3.8, 4) is 5.75 Å². The Morgan fingerprint density at radius 3 is 2.40 bits per heavy atom. The zero-order chi connectivity index (χ0) is 25.6. The number of nitrogens with one attached hydrogen (secondary N) is 1. The minimum absolute atomic E-state index is 0.0547. The predicted molar refractivity (Wildman–Crippen MR) is 127 cm³/mol. The second-order valence-corrected chi connectivity index (χ2v) is 12.7. The molecular weight excluding hydrogens is 478 g/mol. The number of benzene rings is 1. The lowest BCUT2D eigenvalue weighted by molar-refractivity contribution is -0.215. The van der Waals surface area contributed by atoms with Crippen LogP contribution < -0.4 is 10.1 Å². The summed E-state index contributed by atoms with van der Waals surface area (Å²) in [6.45, 7) is 8.43. The number of aliphatic carboxylic acids is 1. The summed E-state index contributed by atoms with van der Waals surface area (Å²) < 4.78 is 33.7. The number of ether oxygens (including phenoxy) is 1. The Balaban J connectivity index is 1.46. The Kier molecular flexibility index (Phi) is 5.11. The van der Waals surface area contributed by atoms with Gasteiger partial charge in [0.2, 0.25) is 5.92 Å². The standard InChI is InChI=1S/C26H31ClF2N2O4/c1-22(2,3)14-35-19-6-5-16(7-18(19)27)23(4)17(15-8-26(28,29)9-15)10-31(21(34)30-23)25-11-24(12-25,13-25)20(32)33/h5-7,10,15H,8-9,11-14H2,1-4H3,(H,30,34)(H,32,33)/t23-,24?,25?/m0/s1. The molecule has 2 amide bonds. The minimum Gasteiger partial charge on any atom is -0.491 e. The van der Waals surface area contributed by atoms with Gasteiger partial charge in [-0.25, -0.2) is 13.6 Å². The number of urea groups is 1. The van der Waals surface area contributed by atoms with Crippen molar-refractivity contribution in [2.75, 3.05) is 6.61 Å². The van der Waals surface area contributed by atoms with Crippen LogP contribution in [0.2, 0.25) is 5.02 Å². The predicted octanol–water partition coefficient (Wildman–Crippen LogP) is 5.94. The molecule has 6 rings (SSSR count). The fourth-order valence-corrected chi connectivity index (χ4v) is 6.33. The average Bonchev–Trinajstić information content (AvgIpc) is 2.63. The summed E-state index contributed by atoms with van der Waals surface area (Å²) in [5.74, 6) is -3.46. The first-order chi connectivity index (χ1) is 16.1. The zero-order valence-corrected chi connectivity index (χ0v) is 21.1. The number of carboxylic acid groups (broad SMARTS) is 1. The van der Waals surface area contributed by atoms with E-state index in [0.717, 1.165) is 0 Å². The van der Waals surface area contributed by atoms with Gasteiger partial charge in [0.15, 0.2) is 0 Å². The largest absolute Gasteiger partial charge is 0.491 e. The fourth-order valence-electron chi connectivity index (χ4n) is 6.10. The number of rotatable bonds is 6. The topological polar surface area (TPSA) is 78.9 Å². The molecule has 6 nitrogen and oxygen atoms in total. The number of alkyl halides is 2. The van der Waals surface area contributed by atoms with Gasteiger partial charge in [0.05, 0.1) is 28.1 Å². The highest BCUT2D eigenvalue weighted by molar-refractivity contribution is 6.32. The summed E-state index contributed by atoms with van der Waals surface area (Å²) in [7, 11) is 0. The maximum absolute atomic E-state index is 13.9. The molecule has 1 heterocycles. The fraction of sp³-hybridized carbons (Fsp3) is 0.615. The first kappa shape index (κ1) is 24.3. The molecule has 5 aliphatic rings. The molecule has 0 radical (unpaired) electrons. The highest BCUT2D eigenvalue weighted by atomic mass is 35.5. The third kappa shape index (κ3) is 3.79. The Morgan fingerprint density at radius 2 is 1.89 bits per heavy atom. The Labute approximate surface area is 208 Å². The lowest BCUT2D eigenvalue weighted by Crippen LogP contribution is -2.78. The van der Waals surface area contributed by atoms with Crippen molar-refractivity contribution in [2.45, 2.75) is 76.8 Å². The van der Waals surface area contributed by atoms with E-state index in [1.54, 1.807) is 23.2 Å². The van der Waals surface area contributed by atoms with Crippen LogP contribution in [0.4, 0.5) is 13.6 Å². The number of nitrogens with zero attached hydrogens (tertiary/aromatic N) is 1. The number of halogens is 3. The summed E-state index contributed by atoms with van der Waals surface area (Å²) in [5, 5.41) is 12.9. The molecule has 4 saturated carbocycles. The smallest absolute Gasteiger partial charge is 0.322 e. The third-order valence-electron chi connectivity index (χ3n) is 8.09. The summed E-state index contributed by atoms with van der Waals surface area (Å²) in [6.07, 6.45) is 2.29. The van der Waals surface area contributed by atoms with Crippen LogP contribution in [0.3, 0.4) is 0 Å². The molecule has 0 spiro atoms. The highest BCUT2D eigenvalue weighted by Gasteiger charge is 2.75. The van der Waals surface area contributed by atoms with Gasteiger partial charge in [-0.2, -0.15) is 0 Å². The van der Waals surface area contributed by atoms with Gasteiger partial charge in [-0.1, -0.05) is 38.4 Å². The normalized spacial score (nSPS) is 33.6. The van der Waals surface area contributed by atoms with Crippen molar-refractivity contribution in [2.24, 2.45) is 16.7 Å². The zero-order valence-electron chi connectivity index (χ0n) is 20.4. The van der Waals surface area contributed by atoms with E-state index in [2.05, 4.69) is 26.1 Å². The first-order valence-corrected chi connectivity index (χ1v) is 12.3. The van der Waals surface area contributed by atoms with Crippen molar-refractivity contribution in [1.29, 1.82) is 0 Å². The summed E-state index contributed by atoms with van der Waals surface area (Å²) in [5.41, 5.74) is -1.02. The molecule has 4 fully saturated rings. The Morgan fingerprint density at radius 1 is 1.26 bits per heavy atom. The lowest BCUT2D eigenvalue weighted by atomic mass is 9.38. The SMILES string of the molecule is CC(C)(C)COc1ccc([C@]2(C)NC(=O)N(C34CC(C(=O)O)(C3)C4)C=C2C2CC(F)(F)C2)cc1Cl. The maximum Gasteiger partial charge on any atom is 0.322 e. The van der Waals surface area contributed by atoms with Gasteiger partial charge < -0.3 is 15.2 Å². The van der Waals surface area contributed by atoms with Crippen molar-refractivity contribution in [3.63, 3.8) is 0 Å². The number of amides is 2. The van der Waals surface area contributed by atoms with Crippen molar-refractivity contribution in [3.05, 3.63) is 40.6 Å². The number of carboxylic acids is 1. The highest BCUT2D eigenvalue weighted by Crippen LogP contribution is 2.70. The van der Waals surface area contributed by atoms with Crippen LogP contribution in [0, 0.1) is 16.7 Å². The van der Waals surface area contributed by atoms with E-state index < -0.39 is 34.3 Å². The Hall–Kier alpha value is -2.35. The molecule has 1 aliphatic heterocycles. The summed E-state index contributed by atoms with van der Waals surface area (Å²) >= 11 is 6.54. The van der Waals surface area contributed by atoms with Gasteiger partial charge in [-0.05, 0) is 60.8 Å².